The van der Waals surface area contributed by atoms with Crippen molar-refractivity contribution in [2.24, 2.45) is 16.5 Å². The molecule has 4 N–H and O–H groups in total. The molecule has 4 nitrogen and oxygen atoms in total. The van der Waals surface area contributed by atoms with Crippen LogP contribution < -0.4 is 11.5 Å². The molecule has 0 unspecified atom stereocenters. The van der Waals surface area contributed by atoms with Gasteiger partial charge in [-0.25, -0.2) is 0 Å². The first kappa shape index (κ1) is 9.97. The second-order valence-corrected chi connectivity index (χ2v) is 2.32. The monoisotopic (exact) mass is 157 g/mol. The summed E-state index contributed by atoms with van der Waals surface area (Å²) < 4.78 is 5.13. The Morgan fingerprint density at radius 1 is 1.55 bits per heavy atom. The molecular weight excluding hydrogens is 142 g/mol. The van der Waals surface area contributed by atoms with Gasteiger partial charge in [0, 0.05) is 0 Å². The number of guanidine groups is 1. The van der Waals surface area contributed by atoms with Crippen molar-refractivity contribution in [3.63, 3.8) is 0 Å². The zero-order valence-corrected chi connectivity index (χ0v) is 6.84. The molecule has 0 spiro atoms. The molecule has 0 radical (unpaired) electrons. The van der Waals surface area contributed by atoms with Gasteiger partial charge >= 0.3 is 0 Å². The fourth-order valence-electron chi connectivity index (χ4n) is 0.486. The molecule has 0 aromatic heterocycles. The highest BCUT2D eigenvalue weighted by Crippen LogP contribution is 1.87. The molecule has 0 aromatic rings. The molecule has 0 saturated carbocycles. The molecule has 4 heteroatoms. The summed E-state index contributed by atoms with van der Waals surface area (Å²) in [6.07, 6.45) is 0. The largest absolute Gasteiger partial charge is 0.375 e. The lowest BCUT2D eigenvalue weighted by Gasteiger charge is -2.00. The Bertz CT molecular complexity index is 150. The third kappa shape index (κ3) is 8.97. The van der Waals surface area contributed by atoms with Gasteiger partial charge in [-0.05, 0) is 6.92 Å². The molecular formula is C7H15N3O. The van der Waals surface area contributed by atoms with Gasteiger partial charge < -0.3 is 16.2 Å². The van der Waals surface area contributed by atoms with Gasteiger partial charge in [0.1, 0.15) is 0 Å². The fourth-order valence-corrected chi connectivity index (χ4v) is 0.486. The van der Waals surface area contributed by atoms with Gasteiger partial charge in [-0.15, -0.1) is 0 Å². The Balaban J connectivity index is 3.15. The molecule has 0 saturated heterocycles. The zero-order chi connectivity index (χ0) is 8.69. The van der Waals surface area contributed by atoms with Crippen LogP contribution in [0.15, 0.2) is 17.1 Å². The average molecular weight is 157 g/mol. The maximum atomic E-state index is 5.13. The Labute approximate surface area is 66.9 Å². The molecule has 0 aliphatic rings. The summed E-state index contributed by atoms with van der Waals surface area (Å²) in [5.74, 6) is 0.101. The van der Waals surface area contributed by atoms with Gasteiger partial charge in [0.2, 0.25) is 0 Å². The maximum Gasteiger partial charge on any atom is 0.185 e. The summed E-state index contributed by atoms with van der Waals surface area (Å²) in [6.45, 7) is 7.19. The van der Waals surface area contributed by atoms with Crippen molar-refractivity contribution < 1.29 is 4.74 Å². The van der Waals surface area contributed by atoms with Crippen molar-refractivity contribution in [2.75, 3.05) is 19.8 Å². The zero-order valence-electron chi connectivity index (χ0n) is 6.84. The normalized spacial score (nSPS) is 9.18. The molecule has 0 aliphatic heterocycles. The van der Waals surface area contributed by atoms with Crippen molar-refractivity contribution >= 4 is 5.96 Å². The summed E-state index contributed by atoms with van der Waals surface area (Å²) in [5, 5.41) is 0. The SMILES string of the molecule is C=C(C)COCCN=C(N)N. The molecule has 0 fully saturated rings. The van der Waals surface area contributed by atoms with Crippen molar-refractivity contribution in [1.82, 2.24) is 0 Å². The second kappa shape index (κ2) is 5.73. The minimum absolute atomic E-state index is 0.101. The van der Waals surface area contributed by atoms with E-state index < -0.39 is 0 Å². The summed E-state index contributed by atoms with van der Waals surface area (Å²) in [7, 11) is 0. The highest BCUT2D eigenvalue weighted by molar-refractivity contribution is 5.75. The highest BCUT2D eigenvalue weighted by Gasteiger charge is 1.86. The second-order valence-electron chi connectivity index (χ2n) is 2.32. The Morgan fingerprint density at radius 2 is 2.18 bits per heavy atom. The van der Waals surface area contributed by atoms with Crippen LogP contribution in [0, 0.1) is 0 Å². The summed E-state index contributed by atoms with van der Waals surface area (Å²) in [5.41, 5.74) is 11.2. The van der Waals surface area contributed by atoms with Crippen molar-refractivity contribution in [3.8, 4) is 0 Å². The number of aliphatic imine (C=N–C) groups is 1. The number of rotatable bonds is 5. The highest BCUT2D eigenvalue weighted by atomic mass is 16.5. The third-order valence-electron chi connectivity index (χ3n) is 0.878. The van der Waals surface area contributed by atoms with Crippen LogP contribution in [0.5, 0.6) is 0 Å². The molecule has 0 bridgehead atoms. The van der Waals surface area contributed by atoms with Crippen molar-refractivity contribution in [2.45, 2.75) is 6.92 Å². The van der Waals surface area contributed by atoms with E-state index in [1.54, 1.807) is 0 Å². The van der Waals surface area contributed by atoms with Gasteiger partial charge in [-0.3, -0.25) is 4.99 Å². The molecule has 0 rings (SSSR count). The average Bonchev–Trinajstić information content (AvgIpc) is 1.85. The van der Waals surface area contributed by atoms with Gasteiger partial charge in [-0.2, -0.15) is 0 Å². The lowest BCUT2D eigenvalue weighted by atomic mass is 10.4. The Morgan fingerprint density at radius 3 is 2.64 bits per heavy atom. The number of nitrogens with zero attached hydrogens (tertiary/aromatic N) is 1. The molecule has 0 heterocycles. The van der Waals surface area contributed by atoms with Crippen molar-refractivity contribution in [1.29, 1.82) is 0 Å². The summed E-state index contributed by atoms with van der Waals surface area (Å²) in [4.78, 5) is 3.74. The first-order valence-corrected chi connectivity index (χ1v) is 3.40. The number of hydrogen-bond donors (Lipinski definition) is 2. The predicted octanol–water partition coefficient (Wildman–Crippen LogP) is -0.147. The lowest BCUT2D eigenvalue weighted by Crippen LogP contribution is -2.23. The Hall–Kier alpha value is -1.03. The van der Waals surface area contributed by atoms with Crippen LogP contribution in [-0.2, 0) is 4.74 Å². The van der Waals surface area contributed by atoms with Crippen LogP contribution in [-0.4, -0.2) is 25.7 Å². The number of nitrogens with two attached hydrogens (primary N) is 2. The van der Waals surface area contributed by atoms with E-state index in [0.717, 1.165) is 5.57 Å². The molecule has 0 aliphatic carbocycles. The summed E-state index contributed by atoms with van der Waals surface area (Å²) in [6, 6.07) is 0. The summed E-state index contributed by atoms with van der Waals surface area (Å²) >= 11 is 0. The van der Waals surface area contributed by atoms with E-state index >= 15 is 0 Å². The van der Waals surface area contributed by atoms with E-state index in [1.807, 2.05) is 6.92 Å². The fraction of sp³-hybridized carbons (Fsp3) is 0.571. The molecule has 0 amide bonds. The van der Waals surface area contributed by atoms with E-state index in [4.69, 9.17) is 16.2 Å². The van der Waals surface area contributed by atoms with Crippen LogP contribution in [0.25, 0.3) is 0 Å². The van der Waals surface area contributed by atoms with Gasteiger partial charge in [0.25, 0.3) is 0 Å². The van der Waals surface area contributed by atoms with Gasteiger partial charge in [-0.1, -0.05) is 12.2 Å². The number of ether oxygens (including phenoxy) is 1. The molecule has 64 valence electrons. The lowest BCUT2D eigenvalue weighted by molar-refractivity contribution is 0.165. The van der Waals surface area contributed by atoms with Gasteiger partial charge in [0.15, 0.2) is 5.96 Å². The molecule has 11 heavy (non-hydrogen) atoms. The van der Waals surface area contributed by atoms with Crippen LogP contribution in [0.3, 0.4) is 0 Å². The quantitative estimate of drug-likeness (QED) is 0.252. The van der Waals surface area contributed by atoms with Gasteiger partial charge in [0.05, 0.1) is 19.8 Å². The topological polar surface area (TPSA) is 73.6 Å². The van der Waals surface area contributed by atoms with E-state index in [0.29, 0.717) is 19.8 Å². The van der Waals surface area contributed by atoms with E-state index in [9.17, 15) is 0 Å². The van der Waals surface area contributed by atoms with Crippen molar-refractivity contribution in [3.05, 3.63) is 12.2 Å². The smallest absolute Gasteiger partial charge is 0.185 e. The van der Waals surface area contributed by atoms with E-state index in [-0.39, 0.29) is 5.96 Å². The van der Waals surface area contributed by atoms with E-state index in [2.05, 4.69) is 11.6 Å². The molecule has 0 aromatic carbocycles. The minimum Gasteiger partial charge on any atom is -0.375 e. The Kier molecular flexibility index (Phi) is 5.20. The standard InChI is InChI=1S/C7H15N3O/c1-6(2)5-11-4-3-10-7(8)9/h1,3-5H2,2H3,(H4,8,9,10). The first-order chi connectivity index (χ1) is 5.13. The molecule has 0 atom stereocenters. The minimum atomic E-state index is 0.101. The predicted molar refractivity (Wildman–Crippen MR) is 46.3 cm³/mol. The van der Waals surface area contributed by atoms with Crippen LogP contribution in [0.1, 0.15) is 6.92 Å². The van der Waals surface area contributed by atoms with Crippen LogP contribution >= 0.6 is 0 Å². The maximum absolute atomic E-state index is 5.13. The first-order valence-electron chi connectivity index (χ1n) is 3.40. The van der Waals surface area contributed by atoms with Crippen LogP contribution in [0.2, 0.25) is 0 Å². The van der Waals surface area contributed by atoms with Crippen LogP contribution in [0.4, 0.5) is 0 Å². The van der Waals surface area contributed by atoms with E-state index in [1.165, 1.54) is 0 Å². The number of hydrogen-bond acceptors (Lipinski definition) is 2. The third-order valence-corrected chi connectivity index (χ3v) is 0.878.